The number of carbonyl (C=O) groups is 1. The SMILES string of the molecule is C=C(C)CSc1nnc(SCC(=O)Nc2ccc(C)c(Cl)c2)s1. The molecule has 4 nitrogen and oxygen atoms in total. The van der Waals surface area contributed by atoms with Gasteiger partial charge in [-0.1, -0.05) is 64.7 Å². The van der Waals surface area contributed by atoms with Crippen molar-refractivity contribution in [2.24, 2.45) is 0 Å². The van der Waals surface area contributed by atoms with E-state index in [-0.39, 0.29) is 11.7 Å². The van der Waals surface area contributed by atoms with Crippen LogP contribution in [0.25, 0.3) is 0 Å². The van der Waals surface area contributed by atoms with E-state index < -0.39 is 0 Å². The fourth-order valence-electron chi connectivity index (χ4n) is 1.49. The van der Waals surface area contributed by atoms with Crippen molar-refractivity contribution < 1.29 is 4.79 Å². The fraction of sp³-hybridized carbons (Fsp3) is 0.267. The number of carbonyl (C=O) groups excluding carboxylic acids is 1. The van der Waals surface area contributed by atoms with Crippen LogP contribution in [0.1, 0.15) is 12.5 Å². The molecule has 0 aliphatic carbocycles. The summed E-state index contributed by atoms with van der Waals surface area (Å²) < 4.78 is 1.67. The number of aryl methyl sites for hydroxylation is 1. The maximum atomic E-state index is 12.0. The molecule has 8 heteroatoms. The number of thioether (sulfide) groups is 2. The molecule has 122 valence electrons. The molecule has 0 spiro atoms. The summed E-state index contributed by atoms with van der Waals surface area (Å²) in [5, 5.41) is 11.6. The molecule has 1 amide bonds. The minimum Gasteiger partial charge on any atom is -0.325 e. The number of nitrogens with zero attached hydrogens (tertiary/aromatic N) is 2. The Morgan fingerprint density at radius 2 is 1.96 bits per heavy atom. The molecule has 0 radical (unpaired) electrons. The first kappa shape index (κ1) is 18.3. The number of aromatic nitrogens is 2. The van der Waals surface area contributed by atoms with Crippen LogP contribution in [0.4, 0.5) is 5.69 Å². The average molecular weight is 386 g/mol. The minimum absolute atomic E-state index is 0.0961. The van der Waals surface area contributed by atoms with E-state index in [9.17, 15) is 4.79 Å². The Hall–Kier alpha value is -1.02. The summed E-state index contributed by atoms with van der Waals surface area (Å²) in [6.07, 6.45) is 0. The van der Waals surface area contributed by atoms with Gasteiger partial charge in [0.25, 0.3) is 0 Å². The van der Waals surface area contributed by atoms with Crippen molar-refractivity contribution in [1.29, 1.82) is 0 Å². The summed E-state index contributed by atoms with van der Waals surface area (Å²) in [7, 11) is 0. The van der Waals surface area contributed by atoms with Gasteiger partial charge in [0.2, 0.25) is 5.91 Å². The van der Waals surface area contributed by atoms with Gasteiger partial charge in [-0.25, -0.2) is 0 Å². The molecule has 0 saturated heterocycles. The molecule has 2 aromatic rings. The highest BCUT2D eigenvalue weighted by Crippen LogP contribution is 2.29. The van der Waals surface area contributed by atoms with E-state index >= 15 is 0 Å². The predicted molar refractivity (Wildman–Crippen MR) is 101 cm³/mol. The van der Waals surface area contributed by atoms with E-state index in [4.69, 9.17) is 11.6 Å². The molecule has 0 unspecified atom stereocenters. The van der Waals surface area contributed by atoms with Crippen LogP contribution in [0, 0.1) is 6.92 Å². The number of amides is 1. The lowest BCUT2D eigenvalue weighted by Crippen LogP contribution is -2.13. The zero-order valence-corrected chi connectivity index (χ0v) is 16.0. The number of anilines is 1. The molecule has 1 N–H and O–H groups in total. The van der Waals surface area contributed by atoms with Crippen LogP contribution >= 0.6 is 46.5 Å². The molecule has 0 saturated carbocycles. The summed E-state index contributed by atoms with van der Waals surface area (Å²) in [6.45, 7) is 7.75. The van der Waals surface area contributed by atoms with Gasteiger partial charge in [-0.3, -0.25) is 4.79 Å². The molecule has 1 aromatic carbocycles. The highest BCUT2D eigenvalue weighted by molar-refractivity contribution is 8.03. The zero-order valence-electron chi connectivity index (χ0n) is 12.8. The van der Waals surface area contributed by atoms with Crippen molar-refractivity contribution in [3.8, 4) is 0 Å². The third-order valence-electron chi connectivity index (χ3n) is 2.61. The van der Waals surface area contributed by atoms with E-state index in [0.717, 1.165) is 25.6 Å². The monoisotopic (exact) mass is 385 g/mol. The minimum atomic E-state index is -0.0961. The van der Waals surface area contributed by atoms with Gasteiger partial charge in [-0.2, -0.15) is 0 Å². The van der Waals surface area contributed by atoms with Crippen LogP contribution < -0.4 is 5.32 Å². The molecule has 0 atom stereocenters. The van der Waals surface area contributed by atoms with Gasteiger partial charge < -0.3 is 5.32 Å². The second kappa shape index (κ2) is 8.73. The number of benzene rings is 1. The Bertz CT molecular complexity index is 718. The summed E-state index contributed by atoms with van der Waals surface area (Å²) >= 11 is 10.5. The Morgan fingerprint density at radius 1 is 1.30 bits per heavy atom. The van der Waals surface area contributed by atoms with Gasteiger partial charge in [0.15, 0.2) is 8.68 Å². The van der Waals surface area contributed by atoms with Gasteiger partial charge in [-0.15, -0.1) is 10.2 Å². The molecular weight excluding hydrogens is 370 g/mol. The number of rotatable bonds is 7. The lowest BCUT2D eigenvalue weighted by Gasteiger charge is -2.05. The number of hydrogen-bond acceptors (Lipinski definition) is 6. The molecule has 0 bridgehead atoms. The van der Waals surface area contributed by atoms with E-state index in [1.54, 1.807) is 17.8 Å². The molecule has 0 aliphatic heterocycles. The highest BCUT2D eigenvalue weighted by Gasteiger charge is 2.09. The lowest BCUT2D eigenvalue weighted by molar-refractivity contribution is -0.113. The van der Waals surface area contributed by atoms with Gasteiger partial charge in [0, 0.05) is 16.5 Å². The average Bonchev–Trinajstić information content (AvgIpc) is 2.95. The molecule has 23 heavy (non-hydrogen) atoms. The first-order valence-corrected chi connectivity index (χ1v) is 9.90. The number of halogens is 1. The molecule has 0 fully saturated rings. The third kappa shape index (κ3) is 6.18. The largest absolute Gasteiger partial charge is 0.325 e. The van der Waals surface area contributed by atoms with Crippen molar-refractivity contribution in [3.05, 3.63) is 40.9 Å². The van der Waals surface area contributed by atoms with E-state index in [1.807, 2.05) is 26.0 Å². The molecular formula is C15H16ClN3OS3. The number of hydrogen-bond donors (Lipinski definition) is 1. The van der Waals surface area contributed by atoms with Crippen molar-refractivity contribution in [3.63, 3.8) is 0 Å². The normalized spacial score (nSPS) is 10.6. The van der Waals surface area contributed by atoms with Crippen LogP contribution in [0.2, 0.25) is 5.02 Å². The van der Waals surface area contributed by atoms with E-state index in [2.05, 4.69) is 22.1 Å². The van der Waals surface area contributed by atoms with Crippen LogP contribution in [0.5, 0.6) is 0 Å². The van der Waals surface area contributed by atoms with Crippen LogP contribution in [-0.4, -0.2) is 27.6 Å². The Balaban J connectivity index is 1.82. The van der Waals surface area contributed by atoms with Gasteiger partial charge >= 0.3 is 0 Å². The van der Waals surface area contributed by atoms with Crippen molar-refractivity contribution in [2.45, 2.75) is 22.5 Å². The molecule has 2 rings (SSSR count). The smallest absolute Gasteiger partial charge is 0.234 e. The highest BCUT2D eigenvalue weighted by atomic mass is 35.5. The van der Waals surface area contributed by atoms with Crippen LogP contribution in [0.3, 0.4) is 0 Å². The second-order valence-corrected chi connectivity index (χ2v) is 8.71. The lowest BCUT2D eigenvalue weighted by atomic mass is 10.2. The van der Waals surface area contributed by atoms with Gasteiger partial charge in [0.1, 0.15) is 0 Å². The first-order chi connectivity index (χ1) is 10.9. The molecule has 0 aliphatic rings. The first-order valence-electron chi connectivity index (χ1n) is 6.73. The predicted octanol–water partition coefficient (Wildman–Crippen LogP) is 4.90. The fourth-order valence-corrected chi connectivity index (χ4v) is 4.34. The summed E-state index contributed by atoms with van der Waals surface area (Å²) in [5.41, 5.74) is 2.77. The Kier molecular flexibility index (Phi) is 6.95. The maximum absolute atomic E-state index is 12.0. The van der Waals surface area contributed by atoms with Gasteiger partial charge in [0.05, 0.1) is 5.75 Å². The van der Waals surface area contributed by atoms with Crippen LogP contribution in [-0.2, 0) is 4.79 Å². The molecule has 1 aromatic heterocycles. The summed E-state index contributed by atoms with van der Waals surface area (Å²) in [4.78, 5) is 12.0. The standard InChI is InChI=1S/C15H16ClN3OS3/c1-9(2)7-21-14-18-19-15(23-14)22-8-13(20)17-11-5-4-10(3)12(16)6-11/h4-6H,1,7-8H2,2-3H3,(H,17,20). The van der Waals surface area contributed by atoms with E-state index in [1.165, 1.54) is 23.1 Å². The van der Waals surface area contributed by atoms with Crippen LogP contribution in [0.15, 0.2) is 39.0 Å². The quantitative estimate of drug-likeness (QED) is 0.542. The van der Waals surface area contributed by atoms with Crippen molar-refractivity contribution in [1.82, 2.24) is 10.2 Å². The Morgan fingerprint density at radius 3 is 2.57 bits per heavy atom. The van der Waals surface area contributed by atoms with Crippen molar-refractivity contribution in [2.75, 3.05) is 16.8 Å². The maximum Gasteiger partial charge on any atom is 0.234 e. The van der Waals surface area contributed by atoms with Crippen molar-refractivity contribution >= 4 is 58.1 Å². The zero-order chi connectivity index (χ0) is 16.8. The molecule has 1 heterocycles. The topological polar surface area (TPSA) is 54.9 Å². The summed E-state index contributed by atoms with van der Waals surface area (Å²) in [5.74, 6) is 1.01. The third-order valence-corrected chi connectivity index (χ3v) is 6.44. The summed E-state index contributed by atoms with van der Waals surface area (Å²) in [6, 6.07) is 5.46. The van der Waals surface area contributed by atoms with E-state index in [0.29, 0.717) is 10.7 Å². The second-order valence-electron chi connectivity index (χ2n) is 4.88. The Labute approximate surface area is 153 Å². The number of nitrogens with one attached hydrogen (secondary N) is 1. The van der Waals surface area contributed by atoms with Gasteiger partial charge in [-0.05, 0) is 31.5 Å².